The molecule has 50 heavy (non-hydrogen) atoms. The van der Waals surface area contributed by atoms with Gasteiger partial charge in [0.25, 0.3) is 40.5 Å². The molecule has 262 valence electrons. The van der Waals surface area contributed by atoms with Crippen LogP contribution in [0.1, 0.15) is 0 Å². The maximum atomic E-state index is 12.7. The van der Waals surface area contributed by atoms with Crippen molar-refractivity contribution in [3.8, 4) is 0 Å². The van der Waals surface area contributed by atoms with Crippen LogP contribution in [-0.2, 0) is 40.5 Å². The number of halogens is 2. The summed E-state index contributed by atoms with van der Waals surface area (Å²) in [7, 11) is -20.8. The molecule has 7 aromatic rings. The van der Waals surface area contributed by atoms with E-state index >= 15 is 0 Å². The Morgan fingerprint density at radius 1 is 0.460 bits per heavy atom. The molecule has 0 amide bonds. The van der Waals surface area contributed by atoms with Crippen LogP contribution in [0.2, 0.25) is 10.6 Å². The highest BCUT2D eigenvalue weighted by Crippen LogP contribution is 2.33. The third-order valence-electron chi connectivity index (χ3n) is 6.44. The van der Waals surface area contributed by atoms with E-state index in [1.807, 2.05) is 0 Å². The molecule has 0 saturated heterocycles. The summed E-state index contributed by atoms with van der Waals surface area (Å²) in [5.41, 5.74) is -1.87. The molecule has 4 aromatic heterocycles. The zero-order valence-corrected chi connectivity index (χ0v) is 28.4. The summed E-state index contributed by atoms with van der Waals surface area (Å²) in [6, 6.07) is 4.86. The molecular weight excluding hydrogens is 795 g/mol. The summed E-state index contributed by atoms with van der Waals surface area (Å²) in [4.78, 5) is 29.1. The van der Waals surface area contributed by atoms with Crippen molar-refractivity contribution < 1.29 is 51.9 Å². The van der Waals surface area contributed by atoms with E-state index in [0.29, 0.717) is 6.07 Å². The van der Waals surface area contributed by atoms with E-state index in [-0.39, 0.29) is 11.0 Å². The Morgan fingerprint density at radius 2 is 0.880 bits per heavy atom. The van der Waals surface area contributed by atoms with Crippen LogP contribution in [0.25, 0.3) is 55.9 Å². The molecule has 0 saturated carbocycles. The number of hydrogen-bond acceptors (Lipinski definition) is 14. The number of aromatic nitrogens is 10. The molecule has 22 nitrogen and oxygen atoms in total. The van der Waals surface area contributed by atoms with E-state index in [9.17, 15) is 51.9 Å². The Morgan fingerprint density at radius 3 is 1.32 bits per heavy atom. The third-order valence-corrected chi connectivity index (χ3v) is 10.4. The maximum absolute atomic E-state index is 12.7. The van der Waals surface area contributed by atoms with Gasteiger partial charge in [0.2, 0.25) is 33.7 Å². The second-order valence-electron chi connectivity index (χ2n) is 9.76. The quantitative estimate of drug-likeness (QED) is 0.118. The second-order valence-corrected chi connectivity index (χ2v) is 16.0. The van der Waals surface area contributed by atoms with Gasteiger partial charge in [0.05, 0.1) is 16.6 Å². The molecule has 7 rings (SSSR count). The maximum Gasteiger partial charge on any atom is 0.296 e. The lowest BCUT2D eigenvalue weighted by Gasteiger charge is -2.10. The van der Waals surface area contributed by atoms with Crippen molar-refractivity contribution in [3.63, 3.8) is 0 Å². The van der Waals surface area contributed by atoms with E-state index in [0.717, 1.165) is 30.3 Å². The van der Waals surface area contributed by atoms with Crippen molar-refractivity contribution in [3.05, 3.63) is 47.0 Å². The number of hydrogen-bond donors (Lipinski definition) is 8. The Kier molecular flexibility index (Phi) is 8.45. The molecule has 10 bridgehead atoms. The first-order valence-corrected chi connectivity index (χ1v) is 19.2. The molecule has 0 fully saturated rings. The molecule has 8 N–H and O–H groups in total. The molecule has 0 aliphatic carbocycles. The molecule has 3 aromatic carbocycles. The van der Waals surface area contributed by atoms with Crippen molar-refractivity contribution in [2.45, 2.75) is 19.6 Å². The zero-order valence-electron chi connectivity index (χ0n) is 23.6. The van der Waals surface area contributed by atoms with Crippen molar-refractivity contribution >= 4 is 120 Å². The van der Waals surface area contributed by atoms with Crippen LogP contribution in [0.5, 0.6) is 0 Å². The van der Waals surface area contributed by atoms with Crippen LogP contribution in [0.4, 0.5) is 0 Å². The monoisotopic (exact) mass is 808 g/mol. The lowest BCUT2D eigenvalue weighted by molar-refractivity contribution is 0.479. The van der Waals surface area contributed by atoms with Crippen molar-refractivity contribution in [1.82, 2.24) is 49.8 Å². The molecule has 0 unspecified atom stereocenters. The first-order chi connectivity index (χ1) is 23.1. The van der Waals surface area contributed by atoms with Gasteiger partial charge in [-0.25, -0.2) is 0 Å². The van der Waals surface area contributed by atoms with E-state index in [1.165, 1.54) is 0 Å². The molecule has 0 aliphatic heterocycles. The van der Waals surface area contributed by atoms with Crippen LogP contribution in [0, 0.1) is 0 Å². The number of H-pyrrole nitrogens is 4. The number of aromatic amines is 4. The van der Waals surface area contributed by atoms with E-state index < -0.39 is 116 Å². The van der Waals surface area contributed by atoms with Gasteiger partial charge >= 0.3 is 0 Å². The minimum Gasteiger partial charge on any atom is -0.324 e. The number of benzene rings is 3. The first-order valence-electron chi connectivity index (χ1n) is 12.7. The standard InChI is InChI=1S/C22H14Cl2N10O12S4/c23-17-29-19-25-7-3-8-12(47(35,36)37)2-1-9(16(8)15(4-7)50(44,45)46)26-20-30-18(24)32-22(34-20)28-11-5-10(27-21(31-17)33-19)13(48(38,39)40)6-14(11)49(41,42)43/h1-6H,(H,35,36,37)(H,38,39,40)(H,41,42,43)(H,44,45,46)(H2,25,27,29,31,33)(H2,26,28,30,32,34). The molecule has 0 radical (unpaired) electrons. The van der Waals surface area contributed by atoms with Crippen molar-refractivity contribution in [2.24, 2.45) is 0 Å². The predicted molar refractivity (Wildman–Crippen MR) is 171 cm³/mol. The largest absolute Gasteiger partial charge is 0.324 e. The minimum atomic E-state index is -5.27. The normalized spacial score (nSPS) is 12.8. The van der Waals surface area contributed by atoms with Gasteiger partial charge in [0.1, 0.15) is 19.6 Å². The van der Waals surface area contributed by atoms with Crippen LogP contribution in [-0.4, -0.2) is 102 Å². The zero-order chi connectivity index (χ0) is 36.6. The van der Waals surface area contributed by atoms with Gasteiger partial charge in [0.15, 0.2) is 0 Å². The fourth-order valence-corrected chi connectivity index (χ4v) is 7.76. The molecule has 28 heteroatoms. The van der Waals surface area contributed by atoms with Crippen LogP contribution in [0.15, 0.2) is 56.0 Å². The number of rotatable bonds is 4. The molecule has 0 spiro atoms. The summed E-state index contributed by atoms with van der Waals surface area (Å²) in [5, 5.41) is -2.20. The van der Waals surface area contributed by atoms with Gasteiger partial charge in [-0.3, -0.25) is 18.2 Å². The number of nitrogens with zero attached hydrogens (tertiary/aromatic N) is 6. The van der Waals surface area contributed by atoms with E-state index in [4.69, 9.17) is 23.2 Å². The lowest BCUT2D eigenvalue weighted by Crippen LogP contribution is -2.06. The summed E-state index contributed by atoms with van der Waals surface area (Å²) in [5.74, 6) is -2.20. The van der Waals surface area contributed by atoms with Crippen LogP contribution >= 0.6 is 23.2 Å². The Hall–Kier alpha value is -4.64. The van der Waals surface area contributed by atoms with Gasteiger partial charge in [0, 0.05) is 16.3 Å². The van der Waals surface area contributed by atoms with Gasteiger partial charge in [-0.15, -0.1) is 0 Å². The van der Waals surface area contributed by atoms with Crippen LogP contribution < -0.4 is 0 Å². The fraction of sp³-hybridized carbons (Fsp3) is 0. The SMILES string of the molecule is O=S(=O)(O)c1cc(S(=O)(=O)O)c2cc1[nH]c1nc(Cl)nc(n1)[nH]c1cc(S(=O)(=O)O)c3c(ccc(S(=O)(=O)O)c3c1)[nH]c1nc(Cl)nc(n1)[nH]2. The van der Waals surface area contributed by atoms with Crippen molar-refractivity contribution in [1.29, 1.82) is 0 Å². The average molecular weight is 810 g/mol. The summed E-state index contributed by atoms with van der Waals surface area (Å²) < 4.78 is 140. The minimum absolute atomic E-state index is 0.297. The highest BCUT2D eigenvalue weighted by Gasteiger charge is 2.24. The van der Waals surface area contributed by atoms with Gasteiger partial charge in [-0.1, -0.05) is 0 Å². The Labute approximate surface area is 286 Å². The van der Waals surface area contributed by atoms with Gasteiger partial charge in [-0.2, -0.15) is 63.6 Å². The van der Waals surface area contributed by atoms with E-state index in [1.54, 1.807) is 0 Å². The van der Waals surface area contributed by atoms with Gasteiger partial charge in [-0.05, 0) is 59.6 Å². The lowest BCUT2D eigenvalue weighted by atomic mass is 10.1. The number of fused-ring (bicyclic) bond motifs is 1. The summed E-state index contributed by atoms with van der Waals surface area (Å²) in [6.45, 7) is 0. The van der Waals surface area contributed by atoms with Crippen molar-refractivity contribution in [2.75, 3.05) is 0 Å². The fourth-order valence-electron chi connectivity index (χ4n) is 4.62. The highest BCUT2D eigenvalue weighted by molar-refractivity contribution is 7.87. The van der Waals surface area contributed by atoms with Crippen LogP contribution in [0.3, 0.4) is 0 Å². The topological polar surface area (TPSA) is 358 Å². The van der Waals surface area contributed by atoms with E-state index in [2.05, 4.69) is 49.8 Å². The van der Waals surface area contributed by atoms with Gasteiger partial charge < -0.3 is 19.9 Å². The predicted octanol–water partition coefficient (Wildman–Crippen LogP) is 2.24. The highest BCUT2D eigenvalue weighted by atomic mass is 35.5. The smallest absolute Gasteiger partial charge is 0.296 e. The molecule has 4 heterocycles. The summed E-state index contributed by atoms with van der Waals surface area (Å²) in [6.07, 6.45) is 0. The third kappa shape index (κ3) is 7.14. The average Bonchev–Trinajstić information content (AvgIpc) is 2.93. The number of nitrogens with one attached hydrogen (secondary N) is 4. The molecule has 0 aliphatic rings. The Bertz CT molecular complexity index is 3090. The Balaban J connectivity index is 1.99. The molecule has 0 atom stereocenters. The molecular formula is C22H14Cl2N10O12S4. The first kappa shape index (κ1) is 35.2. The summed E-state index contributed by atoms with van der Waals surface area (Å²) >= 11 is 12.1. The second kappa shape index (κ2) is 12.0.